The van der Waals surface area contributed by atoms with E-state index in [9.17, 15) is 9.90 Å². The first-order valence-corrected chi connectivity index (χ1v) is 14.2. The molecular formula is C28H36ClN7O2. The van der Waals surface area contributed by atoms with Gasteiger partial charge in [0.1, 0.15) is 22.7 Å². The number of anilines is 2. The Morgan fingerprint density at radius 2 is 1.97 bits per heavy atom. The highest BCUT2D eigenvalue weighted by Crippen LogP contribution is 2.55. The van der Waals surface area contributed by atoms with Crippen molar-refractivity contribution >= 4 is 29.1 Å². The Balaban J connectivity index is 1.07. The lowest BCUT2D eigenvalue weighted by Crippen LogP contribution is -2.61. The third-order valence-electron chi connectivity index (χ3n) is 9.42. The predicted octanol–water partition coefficient (Wildman–Crippen LogP) is 3.36. The highest BCUT2D eigenvalue weighted by atomic mass is 35.5. The van der Waals surface area contributed by atoms with Crippen molar-refractivity contribution in [1.82, 2.24) is 20.1 Å². The number of pyridine rings is 1. The molecule has 3 heterocycles. The molecule has 5 aliphatic rings. The first-order valence-electron chi connectivity index (χ1n) is 13.8. The number of amides is 1. The van der Waals surface area contributed by atoms with Gasteiger partial charge >= 0.3 is 0 Å². The maximum atomic E-state index is 13.3. The highest BCUT2D eigenvalue weighted by molar-refractivity contribution is 6.36. The number of aryl methyl sites for hydroxylation is 1. The van der Waals surface area contributed by atoms with Gasteiger partial charge in [-0.15, -0.1) is 0 Å². The summed E-state index contributed by atoms with van der Waals surface area (Å²) in [6.45, 7) is 2.63. The average Bonchev–Trinajstić information content (AvgIpc) is 3.19. The summed E-state index contributed by atoms with van der Waals surface area (Å²) in [4.78, 5) is 22.2. The monoisotopic (exact) mass is 537 g/mol. The van der Waals surface area contributed by atoms with Crippen LogP contribution in [-0.4, -0.2) is 64.1 Å². The minimum Gasteiger partial charge on any atom is -0.390 e. The maximum Gasteiger partial charge on any atom is 0.273 e. The molecule has 38 heavy (non-hydrogen) atoms. The minimum absolute atomic E-state index is 0.0920. The van der Waals surface area contributed by atoms with Crippen LogP contribution in [0, 0.1) is 35.0 Å². The number of carbonyl (C=O) groups excluding carboxylic acids is 1. The molecule has 10 heteroatoms. The topological polar surface area (TPSA) is 110 Å². The molecular weight excluding hydrogens is 502 g/mol. The van der Waals surface area contributed by atoms with Crippen molar-refractivity contribution < 1.29 is 9.90 Å². The number of aliphatic hydroxyl groups is 1. The van der Waals surface area contributed by atoms with Gasteiger partial charge in [0.25, 0.3) is 5.91 Å². The predicted molar refractivity (Wildman–Crippen MR) is 145 cm³/mol. The lowest BCUT2D eigenvalue weighted by atomic mass is 9.52. The largest absolute Gasteiger partial charge is 0.390 e. The number of rotatable bonds is 6. The van der Waals surface area contributed by atoms with Crippen LogP contribution in [0.1, 0.15) is 61.0 Å². The molecule has 4 aliphatic carbocycles. The number of nitriles is 1. The molecule has 2 aromatic heterocycles. The molecule has 202 valence electrons. The van der Waals surface area contributed by atoms with Crippen LogP contribution < -0.4 is 15.1 Å². The Morgan fingerprint density at radius 3 is 2.58 bits per heavy atom. The van der Waals surface area contributed by atoms with Gasteiger partial charge in [-0.2, -0.15) is 10.4 Å². The van der Waals surface area contributed by atoms with Crippen molar-refractivity contribution in [3.05, 3.63) is 34.6 Å². The average molecular weight is 538 g/mol. The number of aromatic nitrogens is 3. The van der Waals surface area contributed by atoms with Crippen molar-refractivity contribution in [2.45, 2.75) is 56.6 Å². The standard InChI is InChI=1S/C28H36ClN7O2/c1-34(16-17-5-7-36(8-6-17)22-4-3-18(14-30)15-31-22)27-23(29)25(33-35(27)2)26(37)32-24-20-9-19-10-21(24)13-28(38,11-19)12-20/h3-4,15,17,19-21,24,38H,5-13,16H2,1-2H3,(H,32,37). The molecule has 4 saturated carbocycles. The number of carbonyl (C=O) groups is 1. The van der Waals surface area contributed by atoms with Gasteiger partial charge in [-0.05, 0) is 80.8 Å². The van der Waals surface area contributed by atoms with Gasteiger partial charge in [-0.25, -0.2) is 4.98 Å². The molecule has 1 aliphatic heterocycles. The summed E-state index contributed by atoms with van der Waals surface area (Å²) in [5, 5.41) is 28.1. The summed E-state index contributed by atoms with van der Waals surface area (Å²) in [7, 11) is 3.85. The normalized spacial score (nSPS) is 30.3. The van der Waals surface area contributed by atoms with Crippen LogP contribution in [0.2, 0.25) is 5.02 Å². The van der Waals surface area contributed by atoms with E-state index in [1.165, 1.54) is 0 Å². The third kappa shape index (κ3) is 4.62. The molecule has 5 fully saturated rings. The number of nitrogens with zero attached hydrogens (tertiary/aromatic N) is 6. The van der Waals surface area contributed by atoms with E-state index in [4.69, 9.17) is 16.9 Å². The first-order chi connectivity index (χ1) is 18.2. The van der Waals surface area contributed by atoms with E-state index in [1.54, 1.807) is 10.9 Å². The summed E-state index contributed by atoms with van der Waals surface area (Å²) < 4.78 is 1.71. The fraction of sp³-hybridized carbons (Fsp3) is 0.643. The second-order valence-corrected chi connectivity index (χ2v) is 12.5. The van der Waals surface area contributed by atoms with E-state index in [0.717, 1.165) is 76.2 Å². The summed E-state index contributed by atoms with van der Waals surface area (Å²) in [5.41, 5.74) is 0.332. The number of halogens is 1. The number of piperidine rings is 1. The van der Waals surface area contributed by atoms with Crippen molar-refractivity contribution in [3.8, 4) is 6.07 Å². The zero-order valence-corrected chi connectivity index (χ0v) is 22.9. The zero-order chi connectivity index (χ0) is 26.6. The molecule has 0 spiro atoms. The van der Waals surface area contributed by atoms with E-state index in [1.807, 2.05) is 26.2 Å². The van der Waals surface area contributed by atoms with Crippen LogP contribution in [0.3, 0.4) is 0 Å². The van der Waals surface area contributed by atoms with Gasteiger partial charge < -0.3 is 20.2 Å². The van der Waals surface area contributed by atoms with Crippen LogP contribution in [0.4, 0.5) is 11.6 Å². The fourth-order valence-corrected chi connectivity index (χ4v) is 8.33. The van der Waals surface area contributed by atoms with Gasteiger partial charge in [-0.1, -0.05) is 11.6 Å². The Hall–Kier alpha value is -2.83. The summed E-state index contributed by atoms with van der Waals surface area (Å²) in [5.74, 6) is 3.21. The van der Waals surface area contributed by atoms with Crippen LogP contribution in [0.5, 0.6) is 0 Å². The van der Waals surface area contributed by atoms with Crippen LogP contribution in [-0.2, 0) is 7.05 Å². The number of hydrogen-bond donors (Lipinski definition) is 2. The second-order valence-electron chi connectivity index (χ2n) is 12.1. The number of nitrogens with one attached hydrogen (secondary N) is 1. The van der Waals surface area contributed by atoms with E-state index in [0.29, 0.717) is 34.3 Å². The lowest BCUT2D eigenvalue weighted by molar-refractivity contribution is -0.136. The molecule has 7 rings (SSSR count). The molecule has 2 N–H and O–H groups in total. The summed E-state index contributed by atoms with van der Waals surface area (Å²) >= 11 is 6.79. The molecule has 2 aromatic rings. The van der Waals surface area contributed by atoms with Crippen LogP contribution >= 0.6 is 11.6 Å². The zero-order valence-electron chi connectivity index (χ0n) is 22.1. The van der Waals surface area contributed by atoms with E-state index < -0.39 is 5.60 Å². The SMILES string of the molecule is CN(CC1CCN(c2ccc(C#N)cn2)CC1)c1c(Cl)c(C(=O)NC2C3CC4CC2CC(O)(C4)C3)nn1C. The second kappa shape index (κ2) is 9.73. The molecule has 2 atom stereocenters. The molecule has 0 radical (unpaired) electrons. The van der Waals surface area contributed by atoms with E-state index in [-0.39, 0.29) is 17.6 Å². The molecule has 2 unspecified atom stereocenters. The van der Waals surface area contributed by atoms with Crippen molar-refractivity contribution in [2.24, 2.45) is 30.7 Å². The van der Waals surface area contributed by atoms with Gasteiger partial charge in [0.2, 0.25) is 0 Å². The summed E-state index contributed by atoms with van der Waals surface area (Å²) in [6.07, 6.45) is 8.35. The van der Waals surface area contributed by atoms with Crippen LogP contribution in [0.15, 0.2) is 18.3 Å². The minimum atomic E-state index is -0.523. The lowest BCUT2D eigenvalue weighted by Gasteiger charge is -2.58. The summed E-state index contributed by atoms with van der Waals surface area (Å²) in [6, 6.07) is 5.93. The Kier molecular flexibility index (Phi) is 6.51. The van der Waals surface area contributed by atoms with Crippen molar-refractivity contribution in [1.29, 1.82) is 5.26 Å². The quantitative estimate of drug-likeness (QED) is 0.581. The van der Waals surface area contributed by atoms with Crippen molar-refractivity contribution in [3.63, 3.8) is 0 Å². The smallest absolute Gasteiger partial charge is 0.273 e. The number of hydrogen-bond acceptors (Lipinski definition) is 7. The molecule has 4 bridgehead atoms. The third-order valence-corrected chi connectivity index (χ3v) is 9.77. The molecule has 9 nitrogen and oxygen atoms in total. The Bertz CT molecular complexity index is 1230. The molecule has 1 amide bonds. The van der Waals surface area contributed by atoms with Gasteiger partial charge in [0.15, 0.2) is 5.69 Å². The van der Waals surface area contributed by atoms with Crippen LogP contribution in [0.25, 0.3) is 0 Å². The van der Waals surface area contributed by atoms with Crippen molar-refractivity contribution in [2.75, 3.05) is 36.5 Å². The Morgan fingerprint density at radius 1 is 1.26 bits per heavy atom. The Labute approximate surface area is 228 Å². The molecule has 0 aromatic carbocycles. The van der Waals surface area contributed by atoms with Gasteiger partial charge in [-0.3, -0.25) is 9.48 Å². The first kappa shape index (κ1) is 25.4. The van der Waals surface area contributed by atoms with Gasteiger partial charge in [0.05, 0.1) is 11.2 Å². The maximum absolute atomic E-state index is 13.3. The fourth-order valence-electron chi connectivity index (χ4n) is 7.94. The van der Waals surface area contributed by atoms with E-state index in [2.05, 4.69) is 31.3 Å². The van der Waals surface area contributed by atoms with E-state index >= 15 is 0 Å². The molecule has 1 saturated heterocycles. The highest BCUT2D eigenvalue weighted by Gasteiger charge is 2.55. The van der Waals surface area contributed by atoms with Gasteiger partial charge in [0, 0.05) is 46.0 Å².